The quantitative estimate of drug-likeness (QED) is 0.0346. The smallest absolute Gasteiger partial charge is 0.306 e. The molecule has 0 fully saturated rings. The molecule has 0 saturated heterocycles. The second-order valence-electron chi connectivity index (χ2n) is 17.5. The maximum absolute atomic E-state index is 12.8. The van der Waals surface area contributed by atoms with Crippen molar-refractivity contribution in [3.8, 4) is 0 Å². The Morgan fingerprint density at radius 1 is 0.281 bits per heavy atom. The third-order valence-corrected chi connectivity index (χ3v) is 11.6. The SMILES string of the molecule is CCCCCCCCCCCCCCCCCCCC(=O)O[C@@H](COC(=O)CCCCCCCCCCC)COC(=O)CCCCCCCCCCCCCCC. The highest BCUT2D eigenvalue weighted by molar-refractivity contribution is 5.71. The summed E-state index contributed by atoms with van der Waals surface area (Å²) in [6.07, 6.45) is 49.4. The van der Waals surface area contributed by atoms with Crippen molar-refractivity contribution in [3.63, 3.8) is 0 Å². The zero-order valence-corrected chi connectivity index (χ0v) is 38.6. The summed E-state index contributed by atoms with van der Waals surface area (Å²) in [6.45, 7) is 6.66. The molecule has 0 aromatic rings. The van der Waals surface area contributed by atoms with E-state index >= 15 is 0 Å². The number of carbonyl (C=O) groups excluding carboxylic acids is 3. The molecular formula is C51H98O6. The lowest BCUT2D eigenvalue weighted by Gasteiger charge is -2.18. The Hall–Kier alpha value is -1.59. The van der Waals surface area contributed by atoms with E-state index in [1.165, 1.54) is 193 Å². The molecule has 57 heavy (non-hydrogen) atoms. The number of carbonyl (C=O) groups is 3. The summed E-state index contributed by atoms with van der Waals surface area (Å²) in [4.78, 5) is 37.8. The Kier molecular flexibility index (Phi) is 45.8. The summed E-state index contributed by atoms with van der Waals surface area (Å²) >= 11 is 0. The highest BCUT2D eigenvalue weighted by Crippen LogP contribution is 2.17. The van der Waals surface area contributed by atoms with Crippen molar-refractivity contribution in [2.24, 2.45) is 0 Å². The van der Waals surface area contributed by atoms with Crippen LogP contribution in [0.25, 0.3) is 0 Å². The van der Waals surface area contributed by atoms with Crippen LogP contribution in [-0.2, 0) is 28.6 Å². The fourth-order valence-corrected chi connectivity index (χ4v) is 7.74. The first-order valence-corrected chi connectivity index (χ1v) is 25.5. The van der Waals surface area contributed by atoms with Gasteiger partial charge in [-0.2, -0.15) is 0 Å². The number of unbranched alkanes of at least 4 members (excludes halogenated alkanes) is 36. The second kappa shape index (κ2) is 47.1. The van der Waals surface area contributed by atoms with Crippen LogP contribution in [0.15, 0.2) is 0 Å². The molecule has 0 aromatic carbocycles. The fourth-order valence-electron chi connectivity index (χ4n) is 7.74. The van der Waals surface area contributed by atoms with Gasteiger partial charge in [-0.05, 0) is 19.3 Å². The molecule has 0 unspecified atom stereocenters. The van der Waals surface area contributed by atoms with E-state index in [9.17, 15) is 14.4 Å². The van der Waals surface area contributed by atoms with Crippen molar-refractivity contribution >= 4 is 17.9 Å². The van der Waals surface area contributed by atoms with E-state index in [2.05, 4.69) is 20.8 Å². The lowest BCUT2D eigenvalue weighted by Crippen LogP contribution is -2.30. The number of esters is 3. The zero-order chi connectivity index (χ0) is 41.5. The van der Waals surface area contributed by atoms with Gasteiger partial charge >= 0.3 is 17.9 Å². The molecule has 6 nitrogen and oxygen atoms in total. The minimum absolute atomic E-state index is 0.0621. The van der Waals surface area contributed by atoms with Crippen molar-refractivity contribution in [2.45, 2.75) is 297 Å². The summed E-state index contributed by atoms with van der Waals surface area (Å²) in [5.41, 5.74) is 0. The lowest BCUT2D eigenvalue weighted by atomic mass is 10.0. The summed E-state index contributed by atoms with van der Waals surface area (Å²) in [7, 11) is 0. The molecule has 0 heterocycles. The molecule has 0 aliphatic heterocycles. The van der Waals surface area contributed by atoms with Crippen LogP contribution in [0.4, 0.5) is 0 Å². The van der Waals surface area contributed by atoms with Crippen molar-refractivity contribution in [1.82, 2.24) is 0 Å². The molecule has 6 heteroatoms. The van der Waals surface area contributed by atoms with Crippen molar-refractivity contribution in [3.05, 3.63) is 0 Å². The van der Waals surface area contributed by atoms with Crippen LogP contribution in [0.2, 0.25) is 0 Å². The lowest BCUT2D eigenvalue weighted by molar-refractivity contribution is -0.167. The van der Waals surface area contributed by atoms with Gasteiger partial charge in [0.15, 0.2) is 6.10 Å². The molecule has 1 atom stereocenters. The number of hydrogen-bond acceptors (Lipinski definition) is 6. The molecule has 0 amide bonds. The van der Waals surface area contributed by atoms with Gasteiger partial charge in [-0.25, -0.2) is 0 Å². The van der Waals surface area contributed by atoms with E-state index in [4.69, 9.17) is 14.2 Å². The molecule has 0 aromatic heterocycles. The van der Waals surface area contributed by atoms with E-state index in [1.54, 1.807) is 0 Å². The molecule has 0 N–H and O–H groups in total. The summed E-state index contributed by atoms with van der Waals surface area (Å²) in [6, 6.07) is 0. The first-order valence-electron chi connectivity index (χ1n) is 25.5. The monoisotopic (exact) mass is 807 g/mol. The molecule has 0 aliphatic rings. The van der Waals surface area contributed by atoms with Gasteiger partial charge in [0.25, 0.3) is 0 Å². The van der Waals surface area contributed by atoms with E-state index in [0.717, 1.165) is 57.8 Å². The van der Waals surface area contributed by atoms with Crippen LogP contribution in [0.5, 0.6) is 0 Å². The Labute approximate surface area is 355 Å². The highest BCUT2D eigenvalue weighted by Gasteiger charge is 2.19. The van der Waals surface area contributed by atoms with Gasteiger partial charge in [0, 0.05) is 19.3 Å². The van der Waals surface area contributed by atoms with Crippen molar-refractivity contribution < 1.29 is 28.6 Å². The highest BCUT2D eigenvalue weighted by atomic mass is 16.6. The van der Waals surface area contributed by atoms with Gasteiger partial charge in [-0.1, -0.05) is 252 Å². The van der Waals surface area contributed by atoms with Gasteiger partial charge in [0.1, 0.15) is 13.2 Å². The van der Waals surface area contributed by atoms with E-state index in [0.29, 0.717) is 19.3 Å². The molecule has 0 aliphatic carbocycles. The average Bonchev–Trinajstić information content (AvgIpc) is 3.21. The maximum atomic E-state index is 12.8. The van der Waals surface area contributed by atoms with Crippen LogP contribution in [0.1, 0.15) is 290 Å². The van der Waals surface area contributed by atoms with Gasteiger partial charge in [0.05, 0.1) is 0 Å². The summed E-state index contributed by atoms with van der Waals surface area (Å²) < 4.78 is 16.8. The average molecular weight is 807 g/mol. The van der Waals surface area contributed by atoms with E-state index < -0.39 is 6.10 Å². The summed E-state index contributed by atoms with van der Waals surface area (Å²) in [5, 5.41) is 0. The van der Waals surface area contributed by atoms with Gasteiger partial charge in [0.2, 0.25) is 0 Å². The van der Waals surface area contributed by atoms with E-state index in [1.807, 2.05) is 0 Å². The maximum Gasteiger partial charge on any atom is 0.306 e. The molecule has 0 radical (unpaired) electrons. The minimum Gasteiger partial charge on any atom is -0.462 e. The predicted octanol–water partition coefficient (Wildman–Crippen LogP) is 16.4. The molecule has 0 bridgehead atoms. The topological polar surface area (TPSA) is 78.9 Å². The third-order valence-electron chi connectivity index (χ3n) is 11.6. The second-order valence-corrected chi connectivity index (χ2v) is 17.5. The zero-order valence-electron chi connectivity index (χ0n) is 38.6. The molecule has 338 valence electrons. The van der Waals surface area contributed by atoms with E-state index in [-0.39, 0.29) is 31.1 Å². The number of rotatable bonds is 47. The molecular weight excluding hydrogens is 709 g/mol. The molecule has 0 spiro atoms. The van der Waals surface area contributed by atoms with Crippen molar-refractivity contribution in [2.75, 3.05) is 13.2 Å². The van der Waals surface area contributed by atoms with Crippen molar-refractivity contribution in [1.29, 1.82) is 0 Å². The normalized spacial score (nSPS) is 11.8. The molecule has 0 saturated carbocycles. The van der Waals surface area contributed by atoms with Crippen LogP contribution < -0.4 is 0 Å². The van der Waals surface area contributed by atoms with Gasteiger partial charge in [-0.3, -0.25) is 14.4 Å². The van der Waals surface area contributed by atoms with Gasteiger partial charge in [-0.15, -0.1) is 0 Å². The minimum atomic E-state index is -0.758. The predicted molar refractivity (Wildman–Crippen MR) is 243 cm³/mol. The standard InChI is InChI=1S/C51H98O6/c1-4-7-10-13-16-19-21-23-24-25-26-28-30-33-36-39-42-45-51(54)57-48(46-55-49(52)43-40-37-34-31-18-15-12-9-6-3)47-56-50(53)44-41-38-35-32-29-27-22-20-17-14-11-8-5-2/h48H,4-47H2,1-3H3/t48-/m0/s1. The first kappa shape index (κ1) is 55.4. The molecule has 0 rings (SSSR count). The van der Waals surface area contributed by atoms with Crippen LogP contribution in [0, 0.1) is 0 Å². The number of hydrogen-bond donors (Lipinski definition) is 0. The van der Waals surface area contributed by atoms with Crippen LogP contribution in [-0.4, -0.2) is 37.2 Å². The Morgan fingerprint density at radius 2 is 0.474 bits per heavy atom. The Balaban J connectivity index is 4.25. The van der Waals surface area contributed by atoms with Gasteiger partial charge < -0.3 is 14.2 Å². The first-order chi connectivity index (χ1) is 28.0. The van der Waals surface area contributed by atoms with Crippen LogP contribution in [0.3, 0.4) is 0 Å². The van der Waals surface area contributed by atoms with Crippen LogP contribution >= 0.6 is 0 Å². The Bertz CT molecular complexity index is 844. The third kappa shape index (κ3) is 45.3. The summed E-state index contributed by atoms with van der Waals surface area (Å²) in [5.74, 6) is -0.845. The Morgan fingerprint density at radius 3 is 0.702 bits per heavy atom. The number of ether oxygens (including phenoxy) is 3. The fraction of sp³-hybridized carbons (Fsp3) is 0.941. The largest absolute Gasteiger partial charge is 0.462 e.